The van der Waals surface area contributed by atoms with E-state index in [0.717, 1.165) is 13.1 Å². The zero-order valence-electron chi connectivity index (χ0n) is 6.59. The van der Waals surface area contributed by atoms with Crippen molar-refractivity contribution in [3.63, 3.8) is 0 Å². The third-order valence-electron chi connectivity index (χ3n) is 1.08. The van der Waals surface area contributed by atoms with Crippen molar-refractivity contribution in [1.82, 2.24) is 5.06 Å². The van der Waals surface area contributed by atoms with Crippen LogP contribution in [0.2, 0.25) is 0 Å². The van der Waals surface area contributed by atoms with Gasteiger partial charge in [-0.25, -0.2) is 0 Å². The predicted octanol–water partition coefficient (Wildman–Crippen LogP) is 1.91. The molecule has 0 aromatic heterocycles. The molecule has 0 rings (SSSR count). The number of thioether (sulfide) groups is 1. The first-order valence-electron chi connectivity index (χ1n) is 3.25. The summed E-state index contributed by atoms with van der Waals surface area (Å²) in [5, 5.41) is 1.82. The third kappa shape index (κ3) is 4.09. The zero-order chi connectivity index (χ0) is 7.98. The van der Waals surface area contributed by atoms with Gasteiger partial charge in [0.15, 0.2) is 0 Å². The van der Waals surface area contributed by atoms with E-state index >= 15 is 0 Å². The van der Waals surface area contributed by atoms with Crippen LogP contribution in [0.15, 0.2) is 0 Å². The van der Waals surface area contributed by atoms with E-state index in [-0.39, 0.29) is 0 Å². The monoisotopic (exact) mass is 179 g/mol. The summed E-state index contributed by atoms with van der Waals surface area (Å²) in [7, 11) is 0. The van der Waals surface area contributed by atoms with Crippen molar-refractivity contribution in [1.29, 1.82) is 0 Å². The first-order chi connectivity index (χ1) is 4.74. The molecule has 0 heterocycles. The first-order valence-corrected chi connectivity index (χ1v) is 4.88. The molecule has 0 unspecified atom stereocenters. The number of rotatable bonds is 3. The average Bonchev–Trinajstić information content (AvgIpc) is 1.99. The summed E-state index contributed by atoms with van der Waals surface area (Å²) in [6.45, 7) is 5.81. The van der Waals surface area contributed by atoms with E-state index in [1.165, 1.54) is 11.8 Å². The Morgan fingerprint density at radius 3 is 2.30 bits per heavy atom. The average molecular weight is 179 g/mol. The van der Waals surface area contributed by atoms with Crippen molar-refractivity contribution >= 4 is 28.4 Å². The quantitative estimate of drug-likeness (QED) is 0.484. The first kappa shape index (κ1) is 10.2. The van der Waals surface area contributed by atoms with Gasteiger partial charge in [0, 0.05) is 13.1 Å². The minimum atomic E-state index is 0.587. The molecule has 0 aliphatic heterocycles. The summed E-state index contributed by atoms with van der Waals surface area (Å²) >= 11 is 6.31. The van der Waals surface area contributed by atoms with E-state index in [2.05, 4.69) is 0 Å². The van der Waals surface area contributed by atoms with Crippen molar-refractivity contribution in [3.05, 3.63) is 0 Å². The minimum Gasteiger partial charge on any atom is -0.387 e. The second-order valence-electron chi connectivity index (χ2n) is 1.66. The van der Waals surface area contributed by atoms with E-state index in [4.69, 9.17) is 17.1 Å². The maximum absolute atomic E-state index is 5.23. The predicted molar refractivity (Wildman–Crippen MR) is 50.1 cm³/mol. The Kier molecular flexibility index (Phi) is 6.06. The Morgan fingerprint density at radius 1 is 1.50 bits per heavy atom. The Bertz CT molecular complexity index is 104. The Morgan fingerprint density at radius 2 is 2.00 bits per heavy atom. The molecule has 10 heavy (non-hydrogen) atoms. The molecule has 2 nitrogen and oxygen atoms in total. The molecule has 0 saturated heterocycles. The van der Waals surface area contributed by atoms with Crippen molar-refractivity contribution < 1.29 is 4.84 Å². The van der Waals surface area contributed by atoms with E-state index in [1.54, 1.807) is 0 Å². The molecule has 0 bridgehead atoms. The molecule has 0 saturated carbocycles. The zero-order valence-corrected chi connectivity index (χ0v) is 8.22. The summed E-state index contributed by atoms with van der Waals surface area (Å²) in [5.41, 5.74) is 0. The van der Waals surface area contributed by atoms with Crippen LogP contribution in [-0.2, 0) is 4.84 Å². The van der Waals surface area contributed by atoms with Gasteiger partial charge in [0.25, 0.3) is 0 Å². The van der Waals surface area contributed by atoms with Crippen LogP contribution >= 0.6 is 24.0 Å². The molecule has 0 amide bonds. The number of hydrogen-bond acceptors (Lipinski definition) is 4. The fourth-order valence-corrected chi connectivity index (χ4v) is 0.781. The Hall–Kier alpha value is 0.200. The van der Waals surface area contributed by atoms with E-state index in [1.807, 2.05) is 25.2 Å². The van der Waals surface area contributed by atoms with Gasteiger partial charge in [-0.05, 0) is 32.3 Å². The topological polar surface area (TPSA) is 12.5 Å². The molecule has 4 heteroatoms. The fraction of sp³-hybridized carbons (Fsp3) is 0.833. The fourth-order valence-electron chi connectivity index (χ4n) is 0.495. The van der Waals surface area contributed by atoms with Crippen LogP contribution in [0.1, 0.15) is 13.8 Å². The Labute approximate surface area is 71.9 Å². The summed E-state index contributed by atoms with van der Waals surface area (Å²) in [4.78, 5) is 5.23. The molecular formula is C6H13NOS2. The molecular weight excluding hydrogens is 166 g/mol. The standard InChI is InChI=1S/C6H13NOS2/c1-4-7(5-2)8-6(9)10-3/h4-5H2,1-3H3. The molecule has 0 radical (unpaired) electrons. The lowest BCUT2D eigenvalue weighted by atomic mass is 10.6. The van der Waals surface area contributed by atoms with Gasteiger partial charge in [-0.3, -0.25) is 0 Å². The second kappa shape index (κ2) is 5.95. The largest absolute Gasteiger partial charge is 0.387 e. The van der Waals surface area contributed by atoms with Crippen molar-refractivity contribution in [3.8, 4) is 0 Å². The smallest absolute Gasteiger partial charge is 0.244 e. The molecule has 0 fully saturated rings. The SMILES string of the molecule is CCN(CC)OC(=S)SC. The van der Waals surface area contributed by atoms with E-state index in [0.29, 0.717) is 4.38 Å². The lowest BCUT2D eigenvalue weighted by Crippen LogP contribution is -2.24. The number of nitrogens with zero attached hydrogens (tertiary/aromatic N) is 1. The maximum Gasteiger partial charge on any atom is 0.244 e. The second-order valence-corrected chi connectivity index (χ2v) is 3.07. The van der Waals surface area contributed by atoms with Crippen LogP contribution in [0, 0.1) is 0 Å². The van der Waals surface area contributed by atoms with E-state index < -0.39 is 0 Å². The molecule has 0 N–H and O–H groups in total. The molecule has 0 aromatic carbocycles. The van der Waals surface area contributed by atoms with Gasteiger partial charge in [-0.1, -0.05) is 11.8 Å². The van der Waals surface area contributed by atoms with Gasteiger partial charge < -0.3 is 4.84 Å². The van der Waals surface area contributed by atoms with Gasteiger partial charge in [0.2, 0.25) is 4.38 Å². The van der Waals surface area contributed by atoms with Crippen LogP contribution in [0.25, 0.3) is 0 Å². The number of thiocarbonyl (C=S) groups is 1. The van der Waals surface area contributed by atoms with Gasteiger partial charge in [-0.15, -0.1) is 5.06 Å². The van der Waals surface area contributed by atoms with Gasteiger partial charge >= 0.3 is 0 Å². The molecule has 0 aliphatic carbocycles. The maximum atomic E-state index is 5.23. The van der Waals surface area contributed by atoms with E-state index in [9.17, 15) is 0 Å². The molecule has 0 atom stereocenters. The van der Waals surface area contributed by atoms with Crippen molar-refractivity contribution in [2.45, 2.75) is 13.8 Å². The molecule has 0 spiro atoms. The summed E-state index contributed by atoms with van der Waals surface area (Å²) in [6.07, 6.45) is 1.91. The van der Waals surface area contributed by atoms with Crippen LogP contribution in [0.3, 0.4) is 0 Å². The van der Waals surface area contributed by atoms with Gasteiger partial charge in [-0.2, -0.15) is 0 Å². The summed E-state index contributed by atoms with van der Waals surface area (Å²) in [6, 6.07) is 0. The molecule has 0 aliphatic rings. The van der Waals surface area contributed by atoms with Crippen LogP contribution in [0.5, 0.6) is 0 Å². The highest BCUT2D eigenvalue weighted by Crippen LogP contribution is 2.02. The highest BCUT2D eigenvalue weighted by molar-refractivity contribution is 8.22. The van der Waals surface area contributed by atoms with Crippen LogP contribution < -0.4 is 0 Å². The minimum absolute atomic E-state index is 0.587. The van der Waals surface area contributed by atoms with Crippen molar-refractivity contribution in [2.75, 3.05) is 19.3 Å². The normalized spacial score (nSPS) is 10.0. The summed E-state index contributed by atoms with van der Waals surface area (Å²) < 4.78 is 0.587. The molecule has 60 valence electrons. The van der Waals surface area contributed by atoms with Crippen LogP contribution in [-0.4, -0.2) is 28.8 Å². The number of hydroxylamine groups is 2. The lowest BCUT2D eigenvalue weighted by molar-refractivity contribution is -0.0557. The number of hydrogen-bond donors (Lipinski definition) is 0. The van der Waals surface area contributed by atoms with Gasteiger partial charge in [0.1, 0.15) is 0 Å². The summed E-state index contributed by atoms with van der Waals surface area (Å²) in [5.74, 6) is 0. The Balaban J connectivity index is 3.52. The highest BCUT2D eigenvalue weighted by atomic mass is 32.2. The van der Waals surface area contributed by atoms with Crippen molar-refractivity contribution in [2.24, 2.45) is 0 Å². The van der Waals surface area contributed by atoms with Gasteiger partial charge in [0.05, 0.1) is 0 Å². The van der Waals surface area contributed by atoms with Crippen LogP contribution in [0.4, 0.5) is 0 Å². The highest BCUT2D eigenvalue weighted by Gasteiger charge is 2.01. The lowest BCUT2D eigenvalue weighted by Gasteiger charge is -2.17. The molecule has 0 aromatic rings. The third-order valence-corrected chi connectivity index (χ3v) is 2.06.